The van der Waals surface area contributed by atoms with Gasteiger partial charge in [0.1, 0.15) is 11.3 Å². The number of hydrogen-bond acceptors (Lipinski definition) is 5. The number of carbonyl (C=O) groups excluding carboxylic acids is 3. The third kappa shape index (κ3) is 4.27. The van der Waals surface area contributed by atoms with Crippen LogP contribution in [-0.4, -0.2) is 35.5 Å². The van der Waals surface area contributed by atoms with Gasteiger partial charge in [-0.1, -0.05) is 35.9 Å². The van der Waals surface area contributed by atoms with Crippen molar-refractivity contribution in [3.8, 4) is 5.75 Å². The Morgan fingerprint density at radius 2 is 1.93 bits per heavy atom. The molecule has 1 aliphatic heterocycles. The van der Waals surface area contributed by atoms with Crippen LogP contribution in [0.5, 0.6) is 5.75 Å². The van der Waals surface area contributed by atoms with Crippen LogP contribution in [0.2, 0.25) is 5.02 Å². The number of carboxylic acid groups (broad SMARTS) is 1. The second-order valence-electron chi connectivity index (χ2n) is 6.12. The highest BCUT2D eigenvalue weighted by atomic mass is 35.5. The molecule has 0 aliphatic carbocycles. The number of ether oxygens (including phenoxy) is 1. The minimum absolute atomic E-state index is 0.108. The average molecular weight is 415 g/mol. The molecule has 0 radical (unpaired) electrons. The lowest BCUT2D eigenvalue weighted by Crippen LogP contribution is -2.54. The van der Waals surface area contributed by atoms with Crippen LogP contribution in [0.1, 0.15) is 11.1 Å². The zero-order valence-electron chi connectivity index (χ0n) is 15.1. The van der Waals surface area contributed by atoms with Gasteiger partial charge in [-0.15, -0.1) is 0 Å². The number of imide groups is 2. The Hall–Kier alpha value is -3.65. The number of urea groups is 1. The van der Waals surface area contributed by atoms with E-state index in [1.54, 1.807) is 31.2 Å². The Morgan fingerprint density at radius 3 is 2.59 bits per heavy atom. The van der Waals surface area contributed by atoms with Gasteiger partial charge in [-0.2, -0.15) is 0 Å². The van der Waals surface area contributed by atoms with E-state index in [0.29, 0.717) is 16.8 Å². The molecule has 2 N–H and O–H groups in total. The van der Waals surface area contributed by atoms with Gasteiger partial charge in [0.15, 0.2) is 6.61 Å². The minimum atomic E-state index is -1.15. The highest BCUT2D eigenvalue weighted by molar-refractivity contribution is 6.39. The van der Waals surface area contributed by atoms with E-state index < -0.39 is 30.4 Å². The maximum Gasteiger partial charge on any atom is 0.341 e. The second-order valence-corrected chi connectivity index (χ2v) is 6.52. The fourth-order valence-corrected chi connectivity index (χ4v) is 2.96. The van der Waals surface area contributed by atoms with Crippen molar-refractivity contribution >= 4 is 47.2 Å². The molecule has 148 valence electrons. The predicted molar refractivity (Wildman–Crippen MR) is 105 cm³/mol. The van der Waals surface area contributed by atoms with Gasteiger partial charge >= 0.3 is 12.0 Å². The number of benzene rings is 2. The van der Waals surface area contributed by atoms with E-state index in [1.165, 1.54) is 24.3 Å². The molecule has 1 aliphatic rings. The largest absolute Gasteiger partial charge is 0.480 e. The molecule has 1 heterocycles. The molecule has 4 amide bonds. The average Bonchev–Trinajstić information content (AvgIpc) is 2.65. The Morgan fingerprint density at radius 1 is 1.21 bits per heavy atom. The van der Waals surface area contributed by atoms with Crippen LogP contribution in [0, 0.1) is 6.92 Å². The zero-order valence-corrected chi connectivity index (χ0v) is 15.9. The highest BCUT2D eigenvalue weighted by Crippen LogP contribution is 2.28. The van der Waals surface area contributed by atoms with Crippen molar-refractivity contribution in [3.05, 3.63) is 64.2 Å². The summed E-state index contributed by atoms with van der Waals surface area (Å²) in [6, 6.07) is 10.3. The molecule has 2 aromatic rings. The molecule has 0 spiro atoms. The van der Waals surface area contributed by atoms with Gasteiger partial charge in [0.25, 0.3) is 11.8 Å². The number of hydrogen-bond donors (Lipinski definition) is 2. The van der Waals surface area contributed by atoms with Crippen LogP contribution in [0.15, 0.2) is 48.0 Å². The smallest absolute Gasteiger partial charge is 0.341 e. The van der Waals surface area contributed by atoms with E-state index in [4.69, 9.17) is 21.4 Å². The molecule has 1 fully saturated rings. The Kier molecular flexibility index (Phi) is 5.65. The number of halogens is 1. The lowest BCUT2D eigenvalue weighted by atomic mass is 10.1. The number of aliphatic carboxylic acids is 1. The molecule has 2 aromatic carbocycles. The van der Waals surface area contributed by atoms with Crippen molar-refractivity contribution in [2.24, 2.45) is 0 Å². The first-order valence-corrected chi connectivity index (χ1v) is 8.77. The zero-order chi connectivity index (χ0) is 21.1. The first kappa shape index (κ1) is 20.1. The third-order valence-electron chi connectivity index (χ3n) is 4.08. The monoisotopic (exact) mass is 414 g/mol. The molecule has 0 atom stereocenters. The molecular weight excluding hydrogens is 400 g/mol. The van der Waals surface area contributed by atoms with Gasteiger partial charge in [0.2, 0.25) is 0 Å². The standard InChI is InChI=1S/C20H15ClN2O6/c1-11-4-2-3-5-15(11)23-19(27)13(18(26)22-20(23)28)8-12-6-7-16(14(21)9-12)29-10-17(24)25/h2-9H,10H2,1H3,(H,24,25)(H,22,26,28)/b13-8+. The Bertz CT molecular complexity index is 1060. The first-order valence-electron chi connectivity index (χ1n) is 8.39. The van der Waals surface area contributed by atoms with Gasteiger partial charge in [0.05, 0.1) is 10.7 Å². The van der Waals surface area contributed by atoms with Crippen molar-refractivity contribution in [2.45, 2.75) is 6.92 Å². The molecule has 0 saturated carbocycles. The van der Waals surface area contributed by atoms with E-state index in [0.717, 1.165) is 4.90 Å². The number of amides is 4. The van der Waals surface area contributed by atoms with Crippen LogP contribution in [-0.2, 0) is 14.4 Å². The van der Waals surface area contributed by atoms with E-state index in [2.05, 4.69) is 5.32 Å². The van der Waals surface area contributed by atoms with Gasteiger partial charge in [-0.25, -0.2) is 14.5 Å². The molecule has 1 saturated heterocycles. The fraction of sp³-hybridized carbons (Fsp3) is 0.100. The van der Waals surface area contributed by atoms with Crippen molar-refractivity contribution in [2.75, 3.05) is 11.5 Å². The van der Waals surface area contributed by atoms with Crippen LogP contribution in [0.3, 0.4) is 0 Å². The number of aryl methyl sites for hydroxylation is 1. The third-order valence-corrected chi connectivity index (χ3v) is 4.37. The summed E-state index contributed by atoms with van der Waals surface area (Å²) in [7, 11) is 0. The van der Waals surface area contributed by atoms with Crippen molar-refractivity contribution in [3.63, 3.8) is 0 Å². The molecule has 29 heavy (non-hydrogen) atoms. The molecule has 0 aromatic heterocycles. The molecule has 0 unspecified atom stereocenters. The van der Waals surface area contributed by atoms with Crippen LogP contribution in [0.25, 0.3) is 6.08 Å². The van der Waals surface area contributed by atoms with Crippen LogP contribution >= 0.6 is 11.6 Å². The number of nitrogens with one attached hydrogen (secondary N) is 1. The summed E-state index contributed by atoms with van der Waals surface area (Å²) >= 11 is 6.07. The molecular formula is C20H15ClN2O6. The summed E-state index contributed by atoms with van der Waals surface area (Å²) in [6.45, 7) is 1.18. The Balaban J connectivity index is 1.94. The lowest BCUT2D eigenvalue weighted by molar-refractivity contribution is -0.139. The summed E-state index contributed by atoms with van der Waals surface area (Å²) in [5, 5.41) is 10.9. The fourth-order valence-electron chi connectivity index (χ4n) is 2.72. The summed E-state index contributed by atoms with van der Waals surface area (Å²) in [4.78, 5) is 48.9. The number of anilines is 1. The summed E-state index contributed by atoms with van der Waals surface area (Å²) in [5.41, 5.74) is 1.20. The SMILES string of the molecule is Cc1ccccc1N1C(=O)NC(=O)/C(=C\c2ccc(OCC(=O)O)c(Cl)c2)C1=O. The Labute approximate surface area is 170 Å². The number of para-hydroxylation sites is 1. The predicted octanol–water partition coefficient (Wildman–Crippen LogP) is 2.78. The lowest BCUT2D eigenvalue weighted by Gasteiger charge is -2.27. The number of rotatable bonds is 5. The van der Waals surface area contributed by atoms with E-state index in [1.807, 2.05) is 0 Å². The first-order chi connectivity index (χ1) is 13.8. The van der Waals surface area contributed by atoms with Crippen molar-refractivity contribution in [1.29, 1.82) is 0 Å². The maximum atomic E-state index is 12.9. The molecule has 9 heteroatoms. The van der Waals surface area contributed by atoms with Crippen LogP contribution in [0.4, 0.5) is 10.5 Å². The highest BCUT2D eigenvalue weighted by Gasteiger charge is 2.37. The summed E-state index contributed by atoms with van der Waals surface area (Å²) in [5.74, 6) is -2.60. The van der Waals surface area contributed by atoms with Gasteiger partial charge in [-0.05, 0) is 42.3 Å². The second kappa shape index (κ2) is 8.15. The topological polar surface area (TPSA) is 113 Å². The molecule has 0 bridgehead atoms. The van der Waals surface area contributed by atoms with Gasteiger partial charge in [-0.3, -0.25) is 14.9 Å². The number of carboxylic acids is 1. The van der Waals surface area contributed by atoms with Crippen molar-refractivity contribution < 1.29 is 29.0 Å². The number of nitrogens with zero attached hydrogens (tertiary/aromatic N) is 1. The van der Waals surface area contributed by atoms with Crippen LogP contribution < -0.4 is 15.0 Å². The molecule has 8 nitrogen and oxygen atoms in total. The van der Waals surface area contributed by atoms with E-state index in [-0.39, 0.29) is 16.3 Å². The van der Waals surface area contributed by atoms with Gasteiger partial charge < -0.3 is 9.84 Å². The summed E-state index contributed by atoms with van der Waals surface area (Å²) < 4.78 is 5.04. The normalized spacial score (nSPS) is 15.4. The van der Waals surface area contributed by atoms with Crippen molar-refractivity contribution in [1.82, 2.24) is 5.32 Å². The quantitative estimate of drug-likeness (QED) is 0.574. The maximum absolute atomic E-state index is 12.9. The minimum Gasteiger partial charge on any atom is -0.480 e. The van der Waals surface area contributed by atoms with Gasteiger partial charge in [0, 0.05) is 0 Å². The molecule has 3 rings (SSSR count). The summed E-state index contributed by atoms with van der Waals surface area (Å²) in [6.07, 6.45) is 1.29. The van der Waals surface area contributed by atoms with E-state index in [9.17, 15) is 19.2 Å². The van der Waals surface area contributed by atoms with E-state index >= 15 is 0 Å². The number of barbiturate groups is 1. The number of carbonyl (C=O) groups is 4.